The Balaban J connectivity index is 4.29. The highest BCUT2D eigenvalue weighted by Gasteiger charge is 2.19. The number of carbonyl (C=O) groups excluding carboxylic acids is 3. The maximum Gasteiger partial charge on any atom is 0.306 e. The first-order valence-electron chi connectivity index (χ1n) is 30.4. The topological polar surface area (TPSA) is 78.9 Å². The third-order valence-electron chi connectivity index (χ3n) is 14.0. The van der Waals surface area contributed by atoms with Gasteiger partial charge in [0.1, 0.15) is 13.2 Å². The fourth-order valence-electron chi connectivity index (χ4n) is 9.46. The van der Waals surface area contributed by atoms with Gasteiger partial charge in [0.25, 0.3) is 0 Å². The first-order valence-corrected chi connectivity index (χ1v) is 30.4. The molecular formula is C61H118O6. The molecule has 6 heteroatoms. The van der Waals surface area contributed by atoms with Gasteiger partial charge in [0.2, 0.25) is 0 Å². The van der Waals surface area contributed by atoms with E-state index < -0.39 is 6.10 Å². The van der Waals surface area contributed by atoms with Crippen molar-refractivity contribution in [3.63, 3.8) is 0 Å². The van der Waals surface area contributed by atoms with Crippen LogP contribution in [0.25, 0.3) is 0 Å². The molecule has 0 aromatic heterocycles. The van der Waals surface area contributed by atoms with Crippen LogP contribution in [0.1, 0.15) is 349 Å². The number of esters is 3. The first kappa shape index (κ1) is 65.4. The summed E-state index contributed by atoms with van der Waals surface area (Å²) in [6.45, 7) is 9.08. The Labute approximate surface area is 418 Å². The molecule has 0 aliphatic heterocycles. The number of hydrogen-bond donors (Lipinski definition) is 0. The van der Waals surface area contributed by atoms with Crippen LogP contribution >= 0.6 is 0 Å². The largest absolute Gasteiger partial charge is 0.462 e. The van der Waals surface area contributed by atoms with E-state index in [2.05, 4.69) is 27.7 Å². The molecule has 0 N–H and O–H groups in total. The zero-order chi connectivity index (χ0) is 48.8. The Morgan fingerprint density at radius 2 is 0.493 bits per heavy atom. The van der Waals surface area contributed by atoms with Crippen molar-refractivity contribution in [1.82, 2.24) is 0 Å². The van der Waals surface area contributed by atoms with Crippen molar-refractivity contribution in [3.8, 4) is 0 Å². The molecule has 0 aromatic carbocycles. The maximum absolute atomic E-state index is 12.9. The molecule has 0 rings (SSSR count). The molecule has 0 bridgehead atoms. The average molecular weight is 948 g/mol. The molecule has 1 atom stereocenters. The Kier molecular flexibility index (Phi) is 54.0. The van der Waals surface area contributed by atoms with Crippen molar-refractivity contribution in [2.75, 3.05) is 13.2 Å². The summed E-state index contributed by atoms with van der Waals surface area (Å²) in [6.07, 6.45) is 60.9. The molecule has 67 heavy (non-hydrogen) atoms. The van der Waals surface area contributed by atoms with Crippen LogP contribution in [0.3, 0.4) is 0 Å². The lowest BCUT2D eigenvalue weighted by Gasteiger charge is -2.18. The molecule has 0 radical (unpaired) electrons. The highest BCUT2D eigenvalue weighted by molar-refractivity contribution is 5.71. The van der Waals surface area contributed by atoms with E-state index >= 15 is 0 Å². The summed E-state index contributed by atoms with van der Waals surface area (Å²) >= 11 is 0. The monoisotopic (exact) mass is 947 g/mol. The molecular weight excluding hydrogens is 829 g/mol. The maximum atomic E-state index is 12.9. The fraction of sp³-hybridized carbons (Fsp3) is 0.951. The second kappa shape index (κ2) is 55.3. The van der Waals surface area contributed by atoms with E-state index in [1.54, 1.807) is 0 Å². The Morgan fingerprint density at radius 1 is 0.284 bits per heavy atom. The summed E-state index contributed by atoms with van der Waals surface area (Å²) in [7, 11) is 0. The predicted octanol–water partition coefficient (Wildman–Crippen LogP) is 20.2. The normalized spacial score (nSPS) is 12.0. The van der Waals surface area contributed by atoms with Gasteiger partial charge in [-0.05, 0) is 25.2 Å². The van der Waals surface area contributed by atoms with Gasteiger partial charge < -0.3 is 14.2 Å². The van der Waals surface area contributed by atoms with Crippen LogP contribution in [-0.2, 0) is 28.6 Å². The van der Waals surface area contributed by atoms with E-state index in [0.29, 0.717) is 19.3 Å². The lowest BCUT2D eigenvalue weighted by Crippen LogP contribution is -2.30. The van der Waals surface area contributed by atoms with Crippen LogP contribution in [0.4, 0.5) is 0 Å². The molecule has 0 aliphatic rings. The van der Waals surface area contributed by atoms with Crippen molar-refractivity contribution in [2.24, 2.45) is 5.92 Å². The predicted molar refractivity (Wildman–Crippen MR) is 289 cm³/mol. The summed E-state index contributed by atoms with van der Waals surface area (Å²) in [4.78, 5) is 38.2. The Morgan fingerprint density at radius 3 is 0.731 bits per heavy atom. The van der Waals surface area contributed by atoms with Gasteiger partial charge in [-0.25, -0.2) is 0 Å². The second-order valence-electron chi connectivity index (χ2n) is 21.5. The number of carbonyl (C=O) groups is 3. The van der Waals surface area contributed by atoms with E-state index in [1.807, 2.05) is 0 Å². The van der Waals surface area contributed by atoms with Crippen molar-refractivity contribution in [3.05, 3.63) is 0 Å². The van der Waals surface area contributed by atoms with E-state index in [1.165, 1.54) is 244 Å². The molecule has 398 valence electrons. The summed E-state index contributed by atoms with van der Waals surface area (Å²) in [6, 6.07) is 0. The molecule has 0 saturated heterocycles. The molecule has 0 fully saturated rings. The van der Waals surface area contributed by atoms with E-state index in [-0.39, 0.29) is 31.1 Å². The van der Waals surface area contributed by atoms with Gasteiger partial charge in [0.05, 0.1) is 0 Å². The van der Waals surface area contributed by atoms with E-state index in [0.717, 1.165) is 63.7 Å². The minimum atomic E-state index is -0.762. The van der Waals surface area contributed by atoms with Crippen molar-refractivity contribution >= 4 is 17.9 Å². The number of unbranched alkanes of at least 4 members (excludes halogenated alkanes) is 43. The fourth-order valence-corrected chi connectivity index (χ4v) is 9.46. The van der Waals surface area contributed by atoms with Gasteiger partial charge >= 0.3 is 17.9 Å². The van der Waals surface area contributed by atoms with Crippen LogP contribution in [0.5, 0.6) is 0 Å². The first-order chi connectivity index (χ1) is 32.9. The highest BCUT2D eigenvalue weighted by Crippen LogP contribution is 2.18. The van der Waals surface area contributed by atoms with Crippen LogP contribution in [0.15, 0.2) is 0 Å². The van der Waals surface area contributed by atoms with E-state index in [4.69, 9.17) is 14.2 Å². The summed E-state index contributed by atoms with van der Waals surface area (Å²) in [5, 5.41) is 0. The standard InChI is InChI=1S/C61H118O6/c1-5-7-9-11-13-15-17-19-21-22-23-25-29-33-37-41-45-49-53-60(63)66-56-58(55-65-59(62)52-48-44-40-36-32-28-24-20-18-16-14-12-10-8-6-2)67-61(64)54-50-46-42-38-34-30-26-27-31-35-39-43-47-51-57(3)4/h57-58H,5-56H2,1-4H3/t58-/m0/s1. The second-order valence-corrected chi connectivity index (χ2v) is 21.5. The molecule has 0 amide bonds. The molecule has 0 saturated carbocycles. The Bertz CT molecular complexity index is 1010. The number of hydrogen-bond acceptors (Lipinski definition) is 6. The van der Waals surface area contributed by atoms with Crippen LogP contribution in [0, 0.1) is 5.92 Å². The van der Waals surface area contributed by atoms with Crippen molar-refractivity contribution in [1.29, 1.82) is 0 Å². The number of ether oxygens (including phenoxy) is 3. The lowest BCUT2D eigenvalue weighted by molar-refractivity contribution is -0.167. The third-order valence-corrected chi connectivity index (χ3v) is 14.0. The zero-order valence-electron chi connectivity index (χ0n) is 45.9. The molecule has 6 nitrogen and oxygen atoms in total. The van der Waals surface area contributed by atoms with Gasteiger partial charge in [-0.15, -0.1) is 0 Å². The van der Waals surface area contributed by atoms with Gasteiger partial charge in [-0.1, -0.05) is 310 Å². The van der Waals surface area contributed by atoms with Gasteiger partial charge in [-0.3, -0.25) is 14.4 Å². The van der Waals surface area contributed by atoms with Crippen LogP contribution < -0.4 is 0 Å². The summed E-state index contributed by atoms with van der Waals surface area (Å²) in [5.74, 6) is 0.00686. The molecule has 0 unspecified atom stereocenters. The van der Waals surface area contributed by atoms with E-state index in [9.17, 15) is 14.4 Å². The SMILES string of the molecule is CCCCCCCCCCCCCCCCCCCCC(=O)OC[C@H](COC(=O)CCCCCCCCCCCCCCCCC)OC(=O)CCCCCCCCCCCCCCCC(C)C. The van der Waals surface area contributed by atoms with Crippen LogP contribution in [0.2, 0.25) is 0 Å². The summed E-state index contributed by atoms with van der Waals surface area (Å²) in [5.41, 5.74) is 0. The lowest BCUT2D eigenvalue weighted by atomic mass is 10.0. The zero-order valence-corrected chi connectivity index (χ0v) is 45.9. The van der Waals surface area contributed by atoms with Gasteiger partial charge in [0.15, 0.2) is 6.10 Å². The van der Waals surface area contributed by atoms with Gasteiger partial charge in [-0.2, -0.15) is 0 Å². The quantitative estimate of drug-likeness (QED) is 0.0343. The number of rotatable bonds is 56. The van der Waals surface area contributed by atoms with Crippen molar-refractivity contribution in [2.45, 2.75) is 355 Å². The molecule has 0 aromatic rings. The smallest absolute Gasteiger partial charge is 0.306 e. The minimum absolute atomic E-state index is 0.0615. The summed E-state index contributed by atoms with van der Waals surface area (Å²) < 4.78 is 16.9. The average Bonchev–Trinajstić information content (AvgIpc) is 3.31. The Hall–Kier alpha value is -1.59. The molecule has 0 spiro atoms. The molecule has 0 heterocycles. The molecule has 0 aliphatic carbocycles. The highest BCUT2D eigenvalue weighted by atomic mass is 16.6. The minimum Gasteiger partial charge on any atom is -0.462 e. The van der Waals surface area contributed by atoms with Gasteiger partial charge in [0, 0.05) is 19.3 Å². The third kappa shape index (κ3) is 55.2. The van der Waals surface area contributed by atoms with Crippen molar-refractivity contribution < 1.29 is 28.6 Å². The van der Waals surface area contributed by atoms with Crippen LogP contribution in [-0.4, -0.2) is 37.2 Å².